The molecule has 0 spiro atoms. The molecular weight excluding hydrogens is 230 g/mol. The van der Waals surface area contributed by atoms with E-state index in [0.717, 1.165) is 18.4 Å². The van der Waals surface area contributed by atoms with Gasteiger partial charge in [0.1, 0.15) is 12.2 Å². The molecule has 1 aliphatic carbocycles. The van der Waals surface area contributed by atoms with Gasteiger partial charge in [-0.1, -0.05) is 6.07 Å². The zero-order chi connectivity index (χ0) is 12.3. The second kappa shape index (κ2) is 3.19. The molecule has 1 saturated carbocycles. The van der Waals surface area contributed by atoms with Gasteiger partial charge in [0, 0.05) is 0 Å². The average Bonchev–Trinajstić information content (AvgIpc) is 3.08. The van der Waals surface area contributed by atoms with Crippen molar-refractivity contribution in [2.45, 2.75) is 12.8 Å². The van der Waals surface area contributed by atoms with Gasteiger partial charge < -0.3 is 5.32 Å². The Morgan fingerprint density at radius 1 is 1.28 bits per heavy atom. The summed E-state index contributed by atoms with van der Waals surface area (Å²) >= 11 is 0. The second-order valence-electron chi connectivity index (χ2n) is 4.93. The number of nitrogens with one attached hydrogen (secondary N) is 1. The van der Waals surface area contributed by atoms with E-state index in [4.69, 9.17) is 0 Å². The lowest BCUT2D eigenvalue weighted by atomic mass is 10.0. The highest BCUT2D eigenvalue weighted by Gasteiger charge is 2.43. The molecule has 1 aliphatic heterocycles. The predicted molar refractivity (Wildman–Crippen MR) is 65.2 cm³/mol. The number of anilines is 1. The maximum absolute atomic E-state index is 12.4. The van der Waals surface area contributed by atoms with E-state index < -0.39 is 5.92 Å². The van der Waals surface area contributed by atoms with Gasteiger partial charge in [0.25, 0.3) is 0 Å². The summed E-state index contributed by atoms with van der Waals surface area (Å²) in [6.07, 6.45) is 3.43. The molecule has 1 atom stereocenters. The summed E-state index contributed by atoms with van der Waals surface area (Å²) < 4.78 is 1.52. The number of hydrogen-bond donors (Lipinski definition) is 1. The van der Waals surface area contributed by atoms with E-state index in [9.17, 15) is 9.59 Å². The Morgan fingerprint density at radius 2 is 2.11 bits per heavy atom. The summed E-state index contributed by atoms with van der Waals surface area (Å²) in [4.78, 5) is 28.8. The fourth-order valence-corrected chi connectivity index (χ4v) is 2.65. The summed E-state index contributed by atoms with van der Waals surface area (Å²) in [6, 6.07) is 5.48. The molecule has 0 bridgehead atoms. The van der Waals surface area contributed by atoms with E-state index in [1.807, 2.05) is 12.1 Å². The van der Waals surface area contributed by atoms with E-state index in [1.54, 1.807) is 6.07 Å². The molecule has 1 amide bonds. The number of imidazole rings is 1. The van der Waals surface area contributed by atoms with Gasteiger partial charge in [-0.2, -0.15) is 0 Å². The van der Waals surface area contributed by atoms with Crippen molar-refractivity contribution in [3.8, 4) is 0 Å². The maximum atomic E-state index is 12.4. The maximum Gasteiger partial charge on any atom is 0.245 e. The highest BCUT2D eigenvalue weighted by molar-refractivity contribution is 6.15. The van der Waals surface area contributed by atoms with Crippen molar-refractivity contribution in [1.82, 2.24) is 9.55 Å². The minimum absolute atomic E-state index is 0.151. The molecule has 90 valence electrons. The van der Waals surface area contributed by atoms with Crippen molar-refractivity contribution in [1.29, 1.82) is 0 Å². The Kier molecular flexibility index (Phi) is 1.74. The lowest BCUT2D eigenvalue weighted by Crippen LogP contribution is -2.32. The van der Waals surface area contributed by atoms with Crippen LogP contribution in [0.1, 0.15) is 17.6 Å². The van der Waals surface area contributed by atoms with Crippen molar-refractivity contribution < 1.29 is 9.59 Å². The van der Waals surface area contributed by atoms with E-state index >= 15 is 0 Å². The fraction of sp³-hybridized carbons (Fsp3) is 0.308. The van der Waals surface area contributed by atoms with Gasteiger partial charge in [-0.05, 0) is 30.9 Å². The van der Waals surface area contributed by atoms with Crippen LogP contribution in [0, 0.1) is 11.8 Å². The number of carbonyl (C=O) groups excluding carboxylic acids is 2. The van der Waals surface area contributed by atoms with E-state index in [1.165, 1.54) is 10.9 Å². The standard InChI is InChI=1S/C13H11N3O2/c17-12-10(7-4-5-7)13(18)16-6-14-8-2-1-3-9(15-12)11(8)16/h1-3,6-7,10H,4-5H2,(H,15,17). The first-order valence-corrected chi connectivity index (χ1v) is 6.07. The number of carbonyl (C=O) groups is 2. The Hall–Kier alpha value is -2.17. The van der Waals surface area contributed by atoms with Crippen LogP contribution >= 0.6 is 0 Å². The molecule has 4 rings (SSSR count). The molecule has 1 aromatic heterocycles. The Labute approximate surface area is 103 Å². The molecule has 2 heterocycles. The number of para-hydroxylation sites is 1. The number of benzene rings is 1. The Morgan fingerprint density at radius 3 is 2.89 bits per heavy atom. The molecule has 1 N–H and O–H groups in total. The number of nitrogens with zero attached hydrogens (tertiary/aromatic N) is 2. The second-order valence-corrected chi connectivity index (χ2v) is 4.93. The van der Waals surface area contributed by atoms with Gasteiger partial charge in [0.15, 0.2) is 0 Å². The number of rotatable bonds is 1. The van der Waals surface area contributed by atoms with Gasteiger partial charge in [-0.25, -0.2) is 4.98 Å². The van der Waals surface area contributed by atoms with Crippen LogP contribution in [0.4, 0.5) is 5.69 Å². The average molecular weight is 241 g/mol. The third-order valence-electron chi connectivity index (χ3n) is 3.71. The van der Waals surface area contributed by atoms with Crippen LogP contribution < -0.4 is 5.32 Å². The van der Waals surface area contributed by atoms with Gasteiger partial charge in [0.2, 0.25) is 11.8 Å². The molecule has 18 heavy (non-hydrogen) atoms. The number of hydrogen-bond acceptors (Lipinski definition) is 3. The van der Waals surface area contributed by atoms with Gasteiger partial charge in [-0.15, -0.1) is 0 Å². The molecule has 1 fully saturated rings. The number of aromatic nitrogens is 2. The first kappa shape index (κ1) is 9.82. The van der Waals surface area contributed by atoms with Crippen molar-refractivity contribution in [3.05, 3.63) is 24.5 Å². The van der Waals surface area contributed by atoms with Gasteiger partial charge in [-0.3, -0.25) is 14.2 Å². The zero-order valence-corrected chi connectivity index (χ0v) is 9.59. The van der Waals surface area contributed by atoms with Gasteiger partial charge in [0.05, 0.1) is 16.7 Å². The molecule has 2 aliphatic rings. The summed E-state index contributed by atoms with van der Waals surface area (Å²) in [5.41, 5.74) is 2.11. The van der Waals surface area contributed by atoms with Crippen molar-refractivity contribution in [3.63, 3.8) is 0 Å². The first-order valence-electron chi connectivity index (χ1n) is 6.07. The van der Waals surface area contributed by atoms with Gasteiger partial charge >= 0.3 is 0 Å². The van der Waals surface area contributed by atoms with Crippen molar-refractivity contribution in [2.75, 3.05) is 5.32 Å². The molecule has 5 nitrogen and oxygen atoms in total. The van der Waals surface area contributed by atoms with Crippen LogP contribution in [0.15, 0.2) is 24.5 Å². The third kappa shape index (κ3) is 1.19. The molecule has 0 radical (unpaired) electrons. The quantitative estimate of drug-likeness (QED) is 0.772. The molecular formula is C13H11N3O2. The Balaban J connectivity index is 1.98. The summed E-state index contributed by atoms with van der Waals surface area (Å²) in [7, 11) is 0. The lowest BCUT2D eigenvalue weighted by molar-refractivity contribution is -0.119. The molecule has 1 aromatic carbocycles. The monoisotopic (exact) mass is 241 g/mol. The largest absolute Gasteiger partial charge is 0.323 e. The molecule has 1 unspecified atom stereocenters. The van der Waals surface area contributed by atoms with Crippen LogP contribution in [0.25, 0.3) is 11.0 Å². The topological polar surface area (TPSA) is 64.0 Å². The third-order valence-corrected chi connectivity index (χ3v) is 3.71. The van der Waals surface area contributed by atoms with E-state index in [0.29, 0.717) is 11.2 Å². The minimum Gasteiger partial charge on any atom is -0.323 e. The lowest BCUT2D eigenvalue weighted by Gasteiger charge is -2.10. The van der Waals surface area contributed by atoms with Crippen LogP contribution in [0.3, 0.4) is 0 Å². The predicted octanol–water partition coefficient (Wildman–Crippen LogP) is 1.65. The molecule has 2 aromatic rings. The van der Waals surface area contributed by atoms with Crippen LogP contribution in [-0.4, -0.2) is 21.4 Å². The Bertz CT molecular complexity index is 685. The summed E-state index contributed by atoms with van der Waals surface area (Å²) in [5, 5.41) is 2.85. The summed E-state index contributed by atoms with van der Waals surface area (Å²) in [6.45, 7) is 0. The van der Waals surface area contributed by atoms with Crippen LogP contribution in [0.2, 0.25) is 0 Å². The highest BCUT2D eigenvalue weighted by Crippen LogP contribution is 2.40. The first-order chi connectivity index (χ1) is 8.75. The smallest absolute Gasteiger partial charge is 0.245 e. The van der Waals surface area contributed by atoms with E-state index in [2.05, 4.69) is 10.3 Å². The molecule has 5 heteroatoms. The minimum atomic E-state index is -0.560. The van der Waals surface area contributed by atoms with Crippen molar-refractivity contribution >= 4 is 28.5 Å². The number of amides is 1. The SMILES string of the molecule is O=C1Nc2cccc3ncn(c23)C(=O)C1C1CC1. The summed E-state index contributed by atoms with van der Waals surface area (Å²) in [5.74, 6) is -0.694. The fourth-order valence-electron chi connectivity index (χ4n) is 2.65. The van der Waals surface area contributed by atoms with Crippen LogP contribution in [-0.2, 0) is 4.79 Å². The van der Waals surface area contributed by atoms with Crippen LogP contribution in [0.5, 0.6) is 0 Å². The van der Waals surface area contributed by atoms with Crippen molar-refractivity contribution in [2.24, 2.45) is 11.8 Å². The normalized spacial score (nSPS) is 23.0. The highest BCUT2D eigenvalue weighted by atomic mass is 16.2. The molecule has 0 saturated heterocycles. The van der Waals surface area contributed by atoms with E-state index in [-0.39, 0.29) is 17.7 Å². The zero-order valence-electron chi connectivity index (χ0n) is 9.59.